The lowest BCUT2D eigenvalue weighted by Gasteiger charge is -2.27. The molecule has 1 saturated carbocycles. The van der Waals surface area contributed by atoms with E-state index >= 15 is 0 Å². The summed E-state index contributed by atoms with van der Waals surface area (Å²) in [4.78, 5) is 0. The smallest absolute Gasteiger partial charge is 0.0538 e. The van der Waals surface area contributed by atoms with Gasteiger partial charge in [0.05, 0.1) is 12.7 Å². The van der Waals surface area contributed by atoms with Gasteiger partial charge in [0.15, 0.2) is 0 Å². The quantitative estimate of drug-likeness (QED) is 0.701. The molecule has 0 unspecified atom stereocenters. The van der Waals surface area contributed by atoms with Gasteiger partial charge in [0.2, 0.25) is 0 Å². The zero-order valence-corrected chi connectivity index (χ0v) is 8.31. The van der Waals surface area contributed by atoms with Gasteiger partial charge in [-0.3, -0.25) is 0 Å². The van der Waals surface area contributed by atoms with Crippen molar-refractivity contribution < 1.29 is 4.74 Å². The number of hydrogen-bond acceptors (Lipinski definition) is 2. The van der Waals surface area contributed by atoms with Gasteiger partial charge in [0.25, 0.3) is 0 Å². The van der Waals surface area contributed by atoms with Crippen LogP contribution in [0.25, 0.3) is 0 Å². The van der Waals surface area contributed by atoms with Crippen LogP contribution in [-0.4, -0.2) is 19.3 Å². The minimum atomic E-state index is 0.324. The van der Waals surface area contributed by atoms with Gasteiger partial charge in [-0.2, -0.15) is 0 Å². The topological polar surface area (TPSA) is 35.2 Å². The Balaban J connectivity index is 2.34. The van der Waals surface area contributed by atoms with Gasteiger partial charge in [-0.25, -0.2) is 0 Å². The molecular formula is C10H21NO. The third-order valence-corrected chi connectivity index (χ3v) is 2.82. The average Bonchev–Trinajstić information content (AvgIpc) is 2.50. The van der Waals surface area contributed by atoms with Crippen molar-refractivity contribution in [3.8, 4) is 0 Å². The molecule has 2 N–H and O–H groups in total. The minimum absolute atomic E-state index is 0.324. The van der Waals surface area contributed by atoms with E-state index in [4.69, 9.17) is 10.5 Å². The lowest BCUT2D eigenvalue weighted by Crippen LogP contribution is -2.33. The zero-order valence-electron chi connectivity index (χ0n) is 8.31. The van der Waals surface area contributed by atoms with Crippen molar-refractivity contribution in [1.29, 1.82) is 0 Å². The van der Waals surface area contributed by atoms with Crippen LogP contribution in [-0.2, 0) is 4.74 Å². The summed E-state index contributed by atoms with van der Waals surface area (Å²) in [6.45, 7) is 5.82. The zero-order chi connectivity index (χ0) is 9.03. The molecule has 0 aromatic heterocycles. The average molecular weight is 171 g/mol. The molecular weight excluding hydrogens is 150 g/mol. The molecule has 0 bridgehead atoms. The Morgan fingerprint density at radius 1 is 1.33 bits per heavy atom. The summed E-state index contributed by atoms with van der Waals surface area (Å²) in [7, 11) is 0. The molecule has 2 heteroatoms. The molecule has 0 heterocycles. The highest BCUT2D eigenvalue weighted by Gasteiger charge is 2.32. The highest BCUT2D eigenvalue weighted by atomic mass is 16.5. The van der Waals surface area contributed by atoms with E-state index < -0.39 is 0 Å². The van der Waals surface area contributed by atoms with Crippen LogP contribution in [0.1, 0.15) is 39.5 Å². The largest absolute Gasteiger partial charge is 0.378 e. The van der Waals surface area contributed by atoms with Crippen LogP contribution in [0.15, 0.2) is 0 Å². The Hall–Kier alpha value is -0.0800. The van der Waals surface area contributed by atoms with E-state index in [1.165, 1.54) is 25.7 Å². The predicted molar refractivity (Wildman–Crippen MR) is 51.0 cm³/mol. The molecule has 12 heavy (non-hydrogen) atoms. The van der Waals surface area contributed by atoms with Gasteiger partial charge >= 0.3 is 0 Å². The normalized spacial score (nSPS) is 22.0. The Kier molecular flexibility index (Phi) is 3.53. The second-order valence-electron chi connectivity index (χ2n) is 4.27. The Bertz CT molecular complexity index is 128. The third-order valence-electron chi connectivity index (χ3n) is 2.82. The van der Waals surface area contributed by atoms with Crippen molar-refractivity contribution in [2.24, 2.45) is 11.1 Å². The van der Waals surface area contributed by atoms with E-state index in [0.717, 1.165) is 13.2 Å². The Labute approximate surface area is 75.5 Å². The molecule has 1 fully saturated rings. The van der Waals surface area contributed by atoms with Gasteiger partial charge in [-0.15, -0.1) is 0 Å². The highest BCUT2D eigenvalue weighted by Crippen LogP contribution is 2.37. The molecule has 0 aromatic rings. The lowest BCUT2D eigenvalue weighted by atomic mass is 9.87. The maximum Gasteiger partial charge on any atom is 0.0538 e. The van der Waals surface area contributed by atoms with Crippen LogP contribution in [0, 0.1) is 5.41 Å². The molecule has 72 valence electrons. The molecule has 1 rings (SSSR count). The standard InChI is InChI=1S/C10H21NO/c1-9(2)12-8-10(7-11)5-3-4-6-10/h9H,3-8,11H2,1-2H3. The molecule has 0 aromatic carbocycles. The summed E-state index contributed by atoms with van der Waals surface area (Å²) in [5.41, 5.74) is 6.10. The van der Waals surface area contributed by atoms with E-state index in [0.29, 0.717) is 11.5 Å². The monoisotopic (exact) mass is 171 g/mol. The Morgan fingerprint density at radius 2 is 1.92 bits per heavy atom. The SMILES string of the molecule is CC(C)OCC1(CN)CCCC1. The molecule has 0 aliphatic heterocycles. The fourth-order valence-corrected chi connectivity index (χ4v) is 1.88. The number of hydrogen-bond donors (Lipinski definition) is 1. The summed E-state index contributed by atoms with van der Waals surface area (Å²) in [6.07, 6.45) is 5.53. The maximum atomic E-state index is 5.78. The van der Waals surface area contributed by atoms with Crippen LogP contribution in [0.2, 0.25) is 0 Å². The molecule has 0 saturated heterocycles. The molecule has 0 spiro atoms. The fourth-order valence-electron chi connectivity index (χ4n) is 1.88. The molecule has 0 amide bonds. The van der Waals surface area contributed by atoms with Gasteiger partial charge < -0.3 is 10.5 Å². The lowest BCUT2D eigenvalue weighted by molar-refractivity contribution is 0.0128. The number of nitrogens with two attached hydrogens (primary N) is 1. The van der Waals surface area contributed by atoms with Crippen molar-refractivity contribution in [3.05, 3.63) is 0 Å². The summed E-state index contributed by atoms with van der Waals surface area (Å²) in [6, 6.07) is 0. The fraction of sp³-hybridized carbons (Fsp3) is 1.00. The number of rotatable bonds is 4. The van der Waals surface area contributed by atoms with Crippen molar-refractivity contribution in [2.75, 3.05) is 13.2 Å². The van der Waals surface area contributed by atoms with Crippen LogP contribution in [0.5, 0.6) is 0 Å². The molecule has 1 aliphatic rings. The third kappa shape index (κ3) is 2.46. The van der Waals surface area contributed by atoms with Crippen LogP contribution in [0.4, 0.5) is 0 Å². The van der Waals surface area contributed by atoms with Crippen molar-refractivity contribution in [2.45, 2.75) is 45.6 Å². The van der Waals surface area contributed by atoms with E-state index in [9.17, 15) is 0 Å². The Morgan fingerprint density at radius 3 is 2.33 bits per heavy atom. The molecule has 2 nitrogen and oxygen atoms in total. The minimum Gasteiger partial charge on any atom is -0.378 e. The predicted octanol–water partition coefficient (Wildman–Crippen LogP) is 1.93. The van der Waals surface area contributed by atoms with Crippen LogP contribution < -0.4 is 5.73 Å². The highest BCUT2D eigenvalue weighted by molar-refractivity contribution is 4.85. The van der Waals surface area contributed by atoms with Gasteiger partial charge in [0, 0.05) is 12.0 Å². The van der Waals surface area contributed by atoms with Gasteiger partial charge in [-0.1, -0.05) is 12.8 Å². The summed E-state index contributed by atoms with van der Waals surface area (Å²) >= 11 is 0. The summed E-state index contributed by atoms with van der Waals surface area (Å²) in [5, 5.41) is 0. The first-order valence-electron chi connectivity index (χ1n) is 5.00. The summed E-state index contributed by atoms with van der Waals surface area (Å²) in [5.74, 6) is 0. The van der Waals surface area contributed by atoms with E-state index in [1.54, 1.807) is 0 Å². The van der Waals surface area contributed by atoms with Crippen LogP contribution >= 0.6 is 0 Å². The number of ether oxygens (including phenoxy) is 1. The first-order chi connectivity index (χ1) is 5.68. The van der Waals surface area contributed by atoms with Gasteiger partial charge in [-0.05, 0) is 26.7 Å². The van der Waals surface area contributed by atoms with E-state index in [2.05, 4.69) is 13.8 Å². The summed E-state index contributed by atoms with van der Waals surface area (Å²) < 4.78 is 5.64. The second kappa shape index (κ2) is 4.24. The van der Waals surface area contributed by atoms with E-state index in [1.807, 2.05) is 0 Å². The molecule has 0 atom stereocenters. The van der Waals surface area contributed by atoms with Crippen molar-refractivity contribution in [1.82, 2.24) is 0 Å². The molecule has 1 aliphatic carbocycles. The maximum absolute atomic E-state index is 5.78. The molecule has 0 radical (unpaired) electrons. The van der Waals surface area contributed by atoms with E-state index in [-0.39, 0.29) is 0 Å². The first kappa shape index (κ1) is 10.0. The van der Waals surface area contributed by atoms with Crippen molar-refractivity contribution in [3.63, 3.8) is 0 Å². The first-order valence-corrected chi connectivity index (χ1v) is 5.00. The van der Waals surface area contributed by atoms with Gasteiger partial charge in [0.1, 0.15) is 0 Å². The van der Waals surface area contributed by atoms with Crippen LogP contribution in [0.3, 0.4) is 0 Å². The second-order valence-corrected chi connectivity index (χ2v) is 4.27. The van der Waals surface area contributed by atoms with Crippen molar-refractivity contribution >= 4 is 0 Å².